The highest BCUT2D eigenvalue weighted by atomic mass is 32.2. The first kappa shape index (κ1) is 50.0. The van der Waals surface area contributed by atoms with E-state index in [0.717, 1.165) is 38.2 Å². The van der Waals surface area contributed by atoms with Gasteiger partial charge < -0.3 is 41.8 Å². The van der Waals surface area contributed by atoms with Crippen LogP contribution in [0.25, 0.3) is 0 Å². The molecular weight excluding hydrogens is 831 g/mol. The number of sulfone groups is 1. The van der Waals surface area contributed by atoms with Gasteiger partial charge in [0.15, 0.2) is 0 Å². The maximum Gasteiger partial charge on any atom is 0.409 e. The van der Waals surface area contributed by atoms with E-state index in [1.165, 1.54) is 49.5 Å². The number of hydrogen-bond acceptors (Lipinski definition) is 16. The molecule has 0 saturated carbocycles. The number of amides is 2. The molecule has 0 radical (unpaired) electrons. The molecule has 2 fully saturated rings. The summed E-state index contributed by atoms with van der Waals surface area (Å²) in [5, 5.41) is 2.71. The fraction of sp³-hybridized carbons (Fsp3) is 0.415. The number of piperidine rings is 2. The number of carbonyl (C=O) groups is 4. The van der Waals surface area contributed by atoms with Crippen molar-refractivity contribution >= 4 is 51.2 Å². The predicted molar refractivity (Wildman–Crippen MR) is 228 cm³/mol. The first-order chi connectivity index (χ1) is 29.1. The molecule has 62 heavy (non-hydrogen) atoms. The quantitative estimate of drug-likeness (QED) is 0.122. The summed E-state index contributed by atoms with van der Waals surface area (Å²) >= 11 is 0. The average molecular weight is 885 g/mol. The second kappa shape index (κ2) is 23.6. The van der Waals surface area contributed by atoms with Gasteiger partial charge in [-0.2, -0.15) is 4.98 Å². The van der Waals surface area contributed by atoms with Crippen LogP contribution in [0.4, 0.5) is 36.0 Å². The summed E-state index contributed by atoms with van der Waals surface area (Å²) in [7, 11) is -3.62. The van der Waals surface area contributed by atoms with Crippen LogP contribution in [-0.4, -0.2) is 119 Å². The Hall–Kier alpha value is -6.35. The van der Waals surface area contributed by atoms with E-state index in [-0.39, 0.29) is 77.3 Å². The predicted octanol–water partition coefficient (Wildman–Crippen LogP) is 4.89. The fourth-order valence-electron chi connectivity index (χ4n) is 5.95. The zero-order chi connectivity index (χ0) is 44.7. The van der Waals surface area contributed by atoms with Crippen LogP contribution in [0.1, 0.15) is 85.7 Å². The van der Waals surface area contributed by atoms with Crippen molar-refractivity contribution in [1.82, 2.24) is 29.7 Å². The molecule has 2 amide bonds. The van der Waals surface area contributed by atoms with Gasteiger partial charge in [0.1, 0.15) is 23.3 Å². The first-order valence-electron chi connectivity index (χ1n) is 19.5. The molecule has 336 valence electrons. The number of rotatable bonds is 10. The van der Waals surface area contributed by atoms with Crippen molar-refractivity contribution in [3.05, 3.63) is 94.8 Å². The Kier molecular flexibility index (Phi) is 19.0. The van der Waals surface area contributed by atoms with E-state index in [1.54, 1.807) is 22.8 Å². The second-order valence-corrected chi connectivity index (χ2v) is 15.8. The topological polar surface area (TPSA) is 269 Å². The third kappa shape index (κ3) is 13.6. The molecule has 2 aromatic heterocycles. The summed E-state index contributed by atoms with van der Waals surface area (Å²) in [4.78, 5) is 66.5. The SMILES string of the molecule is C.CCOC(=O)N1CCC(N)CC1.CCOC(=O)N1CCC(Nc2ncc(C(=O)c3ccccc3F)c(N)n2)CC1.CCS(=O)(=O)c1ncc(C(=O)c2ccccc2F)c(N)n1. The molecular formula is C41H54F2N10O8S. The number of carbonyl (C=O) groups excluding carboxylic acids is 4. The minimum Gasteiger partial charge on any atom is -0.450 e. The lowest BCUT2D eigenvalue weighted by molar-refractivity contribution is 0.0969. The van der Waals surface area contributed by atoms with Gasteiger partial charge in [-0.3, -0.25) is 9.59 Å². The van der Waals surface area contributed by atoms with Gasteiger partial charge in [-0.05, 0) is 63.8 Å². The first-order valence-corrected chi connectivity index (χ1v) is 21.2. The van der Waals surface area contributed by atoms with Crippen LogP contribution >= 0.6 is 0 Å². The molecule has 0 aliphatic carbocycles. The molecule has 2 saturated heterocycles. The summed E-state index contributed by atoms with van der Waals surface area (Å²) in [6, 6.07) is 11.4. The number of likely N-dealkylation sites (tertiary alicyclic amines) is 2. The van der Waals surface area contributed by atoms with Gasteiger partial charge in [0.05, 0.1) is 41.2 Å². The number of nitrogen functional groups attached to an aromatic ring is 2. The molecule has 21 heteroatoms. The third-order valence-corrected chi connectivity index (χ3v) is 10.9. The van der Waals surface area contributed by atoms with Gasteiger partial charge in [0, 0.05) is 50.7 Å². The smallest absolute Gasteiger partial charge is 0.409 e. The monoisotopic (exact) mass is 884 g/mol. The molecule has 0 spiro atoms. The molecule has 7 N–H and O–H groups in total. The number of halogens is 2. The van der Waals surface area contributed by atoms with Gasteiger partial charge in [-0.25, -0.2) is 41.7 Å². The minimum absolute atomic E-state index is 0. The number of nitrogens with one attached hydrogen (secondary N) is 1. The molecule has 0 atom stereocenters. The van der Waals surface area contributed by atoms with Crippen molar-refractivity contribution in [2.45, 2.75) is 71.1 Å². The van der Waals surface area contributed by atoms with Gasteiger partial charge in [-0.1, -0.05) is 38.6 Å². The van der Waals surface area contributed by atoms with Crippen LogP contribution in [-0.2, 0) is 19.3 Å². The highest BCUT2D eigenvalue weighted by molar-refractivity contribution is 7.91. The molecule has 6 rings (SSSR count). The molecule has 2 aromatic carbocycles. The number of nitrogens with zero attached hydrogens (tertiary/aromatic N) is 6. The molecule has 4 aromatic rings. The summed E-state index contributed by atoms with van der Waals surface area (Å²) in [6.45, 7) is 8.42. The highest BCUT2D eigenvalue weighted by Crippen LogP contribution is 2.21. The van der Waals surface area contributed by atoms with Crippen molar-refractivity contribution in [2.24, 2.45) is 5.73 Å². The molecule has 2 aliphatic rings. The lowest BCUT2D eigenvalue weighted by atomic mass is 10.0. The Balaban J connectivity index is 0.000000265. The normalized spacial score (nSPS) is 14.2. The number of ether oxygens (including phenoxy) is 2. The standard InChI is InChI=1S/C19H22FN5O3.C13H12FN3O3S.C8H16N2O2.CH4/c1-2-28-19(27)25-9-7-12(8-10-25)23-18-22-11-14(17(21)24-18)16(26)13-5-3-4-6-15(13)20;1-2-21(19,20)13-16-7-9(12(15)17-13)11(18)8-5-3-4-6-10(8)14;1-2-12-8(11)10-5-3-7(9)4-6-10;/h3-6,11-12H,2,7-10H2,1H3,(H3,21,22,23,24);3-7H,2H2,1H3,(H2,15,16,17);7H,2-6,9H2,1H3;1H4. The Bertz CT molecular complexity index is 2270. The van der Waals surface area contributed by atoms with E-state index in [2.05, 4.69) is 25.3 Å². The zero-order valence-electron chi connectivity index (χ0n) is 34.1. The molecule has 4 heterocycles. The number of hydrogen-bond donors (Lipinski definition) is 4. The maximum absolute atomic E-state index is 13.8. The van der Waals surface area contributed by atoms with Crippen LogP contribution in [0.2, 0.25) is 0 Å². The summed E-state index contributed by atoms with van der Waals surface area (Å²) in [5.74, 6) is -2.81. The summed E-state index contributed by atoms with van der Waals surface area (Å²) < 4.78 is 60.5. The molecule has 18 nitrogen and oxygen atoms in total. The van der Waals surface area contributed by atoms with Crippen molar-refractivity contribution in [2.75, 3.05) is 61.9 Å². The number of aromatic nitrogens is 4. The van der Waals surface area contributed by atoms with E-state index in [0.29, 0.717) is 39.1 Å². The van der Waals surface area contributed by atoms with E-state index < -0.39 is 38.2 Å². The maximum atomic E-state index is 13.8. The number of benzene rings is 2. The zero-order valence-corrected chi connectivity index (χ0v) is 34.9. The van der Waals surface area contributed by atoms with Crippen molar-refractivity contribution < 1.29 is 45.9 Å². The van der Waals surface area contributed by atoms with Crippen molar-refractivity contribution in [1.29, 1.82) is 0 Å². The molecule has 0 bridgehead atoms. The van der Waals surface area contributed by atoms with Crippen LogP contribution in [0, 0.1) is 11.6 Å². The minimum atomic E-state index is -3.62. The molecule has 2 aliphatic heterocycles. The van der Waals surface area contributed by atoms with Gasteiger partial charge in [0.2, 0.25) is 32.5 Å². The Morgan fingerprint density at radius 3 is 1.56 bits per heavy atom. The Morgan fingerprint density at radius 1 is 0.710 bits per heavy atom. The van der Waals surface area contributed by atoms with E-state index in [4.69, 9.17) is 26.7 Å². The van der Waals surface area contributed by atoms with Crippen molar-refractivity contribution in [3.63, 3.8) is 0 Å². The van der Waals surface area contributed by atoms with Gasteiger partial charge in [-0.15, -0.1) is 0 Å². The lowest BCUT2D eigenvalue weighted by Gasteiger charge is -2.31. The van der Waals surface area contributed by atoms with Gasteiger partial charge >= 0.3 is 12.2 Å². The summed E-state index contributed by atoms with van der Waals surface area (Å²) in [6.07, 6.45) is 4.97. The van der Waals surface area contributed by atoms with Gasteiger partial charge in [0.25, 0.3) is 0 Å². The summed E-state index contributed by atoms with van der Waals surface area (Å²) in [5.41, 5.74) is 16.8. The number of nitrogens with two attached hydrogens (primary N) is 3. The lowest BCUT2D eigenvalue weighted by Crippen LogP contribution is -2.43. The Labute approximate surface area is 359 Å². The second-order valence-electron chi connectivity index (χ2n) is 13.6. The number of anilines is 3. The largest absolute Gasteiger partial charge is 0.450 e. The van der Waals surface area contributed by atoms with E-state index in [1.807, 2.05) is 6.92 Å². The fourth-order valence-corrected chi connectivity index (χ4v) is 6.66. The van der Waals surface area contributed by atoms with E-state index >= 15 is 0 Å². The molecule has 0 unspecified atom stereocenters. The average Bonchev–Trinajstić information content (AvgIpc) is 3.25. The third-order valence-electron chi connectivity index (χ3n) is 9.42. The van der Waals surface area contributed by atoms with Crippen LogP contribution < -0.4 is 22.5 Å². The Morgan fingerprint density at radius 2 is 1.15 bits per heavy atom. The van der Waals surface area contributed by atoms with Crippen LogP contribution in [0.5, 0.6) is 0 Å². The van der Waals surface area contributed by atoms with Crippen LogP contribution in [0.15, 0.2) is 66.1 Å². The number of ketones is 2. The van der Waals surface area contributed by atoms with Crippen molar-refractivity contribution in [3.8, 4) is 0 Å². The van der Waals surface area contributed by atoms with E-state index in [9.17, 15) is 36.4 Å². The van der Waals surface area contributed by atoms with Crippen LogP contribution in [0.3, 0.4) is 0 Å². The highest BCUT2D eigenvalue weighted by Gasteiger charge is 2.26.